The Kier molecular flexibility index (Phi) is 2.42. The fraction of sp³-hybridized carbons (Fsp3) is 0. The number of halogens is 1. The van der Waals surface area contributed by atoms with E-state index in [1.54, 1.807) is 6.08 Å². The van der Waals surface area contributed by atoms with Crippen LogP contribution in [0.5, 0.6) is 0 Å². The summed E-state index contributed by atoms with van der Waals surface area (Å²) in [7, 11) is 0. The standard InChI is InChI=1S/C8H5ClN2OS/c9-7-3-1-6(13-7)2-4-8-10-5-12-11-8/h1-5H. The molecule has 0 aliphatic rings. The lowest BCUT2D eigenvalue weighted by Gasteiger charge is -1.80. The molecule has 0 saturated carbocycles. The van der Waals surface area contributed by atoms with E-state index in [1.165, 1.54) is 17.7 Å². The maximum absolute atomic E-state index is 5.76. The molecule has 5 heteroatoms. The summed E-state index contributed by atoms with van der Waals surface area (Å²) in [4.78, 5) is 4.91. The van der Waals surface area contributed by atoms with Crippen LogP contribution in [0.1, 0.15) is 10.7 Å². The highest BCUT2D eigenvalue weighted by Crippen LogP contribution is 2.22. The van der Waals surface area contributed by atoms with Crippen LogP contribution in [0.15, 0.2) is 23.0 Å². The Morgan fingerprint density at radius 2 is 2.31 bits per heavy atom. The first-order valence-electron chi connectivity index (χ1n) is 3.54. The summed E-state index contributed by atoms with van der Waals surface area (Å²) in [5.74, 6) is 0.560. The Morgan fingerprint density at radius 3 is 2.92 bits per heavy atom. The second-order valence-corrected chi connectivity index (χ2v) is 4.01. The minimum atomic E-state index is 0.560. The van der Waals surface area contributed by atoms with Gasteiger partial charge in [0.05, 0.1) is 4.34 Å². The molecule has 0 N–H and O–H groups in total. The van der Waals surface area contributed by atoms with Crippen LogP contribution >= 0.6 is 22.9 Å². The van der Waals surface area contributed by atoms with Crippen LogP contribution < -0.4 is 0 Å². The number of hydrogen-bond donors (Lipinski definition) is 0. The highest BCUT2D eigenvalue weighted by Gasteiger charge is 1.94. The van der Waals surface area contributed by atoms with Gasteiger partial charge in [-0.2, -0.15) is 4.98 Å². The molecule has 0 bridgehead atoms. The lowest BCUT2D eigenvalue weighted by molar-refractivity contribution is 0.415. The summed E-state index contributed by atoms with van der Waals surface area (Å²) in [6, 6.07) is 3.78. The van der Waals surface area contributed by atoms with E-state index in [1.807, 2.05) is 18.2 Å². The molecule has 0 radical (unpaired) electrons. The van der Waals surface area contributed by atoms with Gasteiger partial charge in [-0.15, -0.1) is 11.3 Å². The second-order valence-electron chi connectivity index (χ2n) is 2.26. The van der Waals surface area contributed by atoms with Gasteiger partial charge < -0.3 is 4.52 Å². The summed E-state index contributed by atoms with van der Waals surface area (Å²) in [5.41, 5.74) is 0. The zero-order valence-corrected chi connectivity index (χ0v) is 8.05. The maximum atomic E-state index is 5.76. The molecule has 0 atom stereocenters. The lowest BCUT2D eigenvalue weighted by Crippen LogP contribution is -1.71. The van der Waals surface area contributed by atoms with Crippen molar-refractivity contribution in [2.24, 2.45) is 0 Å². The smallest absolute Gasteiger partial charge is 0.214 e. The van der Waals surface area contributed by atoms with Crippen molar-refractivity contribution in [2.45, 2.75) is 0 Å². The normalized spacial score (nSPS) is 11.2. The Morgan fingerprint density at radius 1 is 1.38 bits per heavy atom. The molecule has 0 aliphatic carbocycles. The van der Waals surface area contributed by atoms with Crippen LogP contribution in [0.25, 0.3) is 12.2 Å². The van der Waals surface area contributed by atoms with Gasteiger partial charge in [-0.05, 0) is 24.3 Å². The molecule has 0 spiro atoms. The summed E-state index contributed by atoms with van der Waals surface area (Å²) in [5, 5.41) is 3.64. The molecule has 3 nitrogen and oxygen atoms in total. The van der Waals surface area contributed by atoms with Crippen molar-refractivity contribution < 1.29 is 4.52 Å². The third-order valence-electron chi connectivity index (χ3n) is 1.37. The van der Waals surface area contributed by atoms with Crippen molar-refractivity contribution in [1.29, 1.82) is 0 Å². The number of rotatable bonds is 2. The first-order chi connectivity index (χ1) is 6.34. The summed E-state index contributed by atoms with van der Waals surface area (Å²) < 4.78 is 5.34. The van der Waals surface area contributed by atoms with E-state index in [0.717, 1.165) is 9.21 Å². The zero-order valence-electron chi connectivity index (χ0n) is 6.48. The van der Waals surface area contributed by atoms with Crippen LogP contribution in [-0.2, 0) is 0 Å². The Bertz CT molecular complexity index is 407. The predicted molar refractivity (Wildman–Crippen MR) is 52.6 cm³/mol. The highest BCUT2D eigenvalue weighted by atomic mass is 35.5. The molecule has 0 unspecified atom stereocenters. The van der Waals surface area contributed by atoms with E-state index in [-0.39, 0.29) is 0 Å². The van der Waals surface area contributed by atoms with E-state index < -0.39 is 0 Å². The average molecular weight is 213 g/mol. The van der Waals surface area contributed by atoms with Crippen molar-refractivity contribution in [3.63, 3.8) is 0 Å². The van der Waals surface area contributed by atoms with Gasteiger partial charge in [0.25, 0.3) is 0 Å². The van der Waals surface area contributed by atoms with Gasteiger partial charge in [0.1, 0.15) is 0 Å². The Balaban J connectivity index is 2.14. The van der Waals surface area contributed by atoms with Gasteiger partial charge >= 0.3 is 0 Å². The molecule has 2 aromatic rings. The third-order valence-corrected chi connectivity index (χ3v) is 2.57. The quantitative estimate of drug-likeness (QED) is 0.768. The van der Waals surface area contributed by atoms with Crippen molar-refractivity contribution in [3.05, 3.63) is 33.6 Å². The molecule has 13 heavy (non-hydrogen) atoms. The third kappa shape index (κ3) is 2.17. The fourth-order valence-corrected chi connectivity index (χ4v) is 1.79. The van der Waals surface area contributed by atoms with Crippen molar-refractivity contribution in [1.82, 2.24) is 10.1 Å². The van der Waals surface area contributed by atoms with Crippen molar-refractivity contribution in [2.75, 3.05) is 0 Å². The van der Waals surface area contributed by atoms with Gasteiger partial charge in [0.15, 0.2) is 5.82 Å². The lowest BCUT2D eigenvalue weighted by atomic mass is 10.4. The van der Waals surface area contributed by atoms with Gasteiger partial charge in [0, 0.05) is 4.88 Å². The minimum Gasteiger partial charge on any atom is -0.342 e. The van der Waals surface area contributed by atoms with Gasteiger partial charge in [-0.1, -0.05) is 16.8 Å². The van der Waals surface area contributed by atoms with Crippen molar-refractivity contribution in [3.8, 4) is 0 Å². The number of thiophene rings is 1. The topological polar surface area (TPSA) is 38.9 Å². The van der Waals surface area contributed by atoms with Crippen molar-refractivity contribution >= 4 is 35.1 Å². The Hall–Kier alpha value is -1.13. The molecule has 0 saturated heterocycles. The maximum Gasteiger partial charge on any atom is 0.214 e. The van der Waals surface area contributed by atoms with E-state index >= 15 is 0 Å². The number of nitrogens with zero attached hydrogens (tertiary/aromatic N) is 2. The number of hydrogen-bond acceptors (Lipinski definition) is 4. The fourth-order valence-electron chi connectivity index (χ4n) is 0.827. The van der Waals surface area contributed by atoms with Crippen LogP contribution in [0.2, 0.25) is 4.34 Å². The van der Waals surface area contributed by atoms with Gasteiger partial charge in [0.2, 0.25) is 6.39 Å². The van der Waals surface area contributed by atoms with E-state index in [4.69, 9.17) is 11.6 Å². The molecule has 0 aromatic carbocycles. The molecule has 2 rings (SSSR count). The number of aromatic nitrogens is 2. The van der Waals surface area contributed by atoms with Gasteiger partial charge in [-0.3, -0.25) is 0 Å². The van der Waals surface area contributed by atoms with E-state index in [9.17, 15) is 0 Å². The predicted octanol–water partition coefficient (Wildman–Crippen LogP) is 2.95. The molecule has 66 valence electrons. The summed E-state index contributed by atoms with van der Waals surface area (Å²) >= 11 is 7.26. The van der Waals surface area contributed by atoms with E-state index in [2.05, 4.69) is 14.7 Å². The first-order valence-corrected chi connectivity index (χ1v) is 4.74. The molecular weight excluding hydrogens is 208 g/mol. The largest absolute Gasteiger partial charge is 0.342 e. The summed E-state index contributed by atoms with van der Waals surface area (Å²) in [6.07, 6.45) is 4.95. The van der Waals surface area contributed by atoms with Crippen LogP contribution in [0.4, 0.5) is 0 Å². The molecule has 0 amide bonds. The van der Waals surface area contributed by atoms with Crippen LogP contribution in [-0.4, -0.2) is 10.1 Å². The molecule has 0 aliphatic heterocycles. The SMILES string of the molecule is Clc1ccc(C=Cc2ncon2)s1. The van der Waals surface area contributed by atoms with E-state index in [0.29, 0.717) is 5.82 Å². The molecule has 2 heterocycles. The van der Waals surface area contributed by atoms with Crippen LogP contribution in [0.3, 0.4) is 0 Å². The first kappa shape index (κ1) is 8.47. The highest BCUT2D eigenvalue weighted by molar-refractivity contribution is 7.17. The molecule has 0 fully saturated rings. The molecule has 2 aromatic heterocycles. The molecular formula is C8H5ClN2OS. The zero-order chi connectivity index (χ0) is 9.10. The van der Waals surface area contributed by atoms with Gasteiger partial charge in [-0.25, -0.2) is 0 Å². The Labute approximate surface area is 83.7 Å². The van der Waals surface area contributed by atoms with Crippen LogP contribution in [0, 0.1) is 0 Å². The minimum absolute atomic E-state index is 0.560. The monoisotopic (exact) mass is 212 g/mol. The average Bonchev–Trinajstić information content (AvgIpc) is 2.71. The summed E-state index contributed by atoms with van der Waals surface area (Å²) in [6.45, 7) is 0. The second kappa shape index (κ2) is 3.72.